The highest BCUT2D eigenvalue weighted by molar-refractivity contribution is 5.85. The molecule has 18 heavy (non-hydrogen) atoms. The molecule has 0 fully saturated rings. The third-order valence-electron chi connectivity index (χ3n) is 3.37. The number of unbranched alkanes of at least 4 members (excludes halogenated alkanes) is 1. The average molecular weight is 259 g/mol. The Labute approximate surface area is 110 Å². The molecule has 0 saturated heterocycles. The molecule has 0 radical (unpaired) electrons. The van der Waals surface area contributed by atoms with Crippen LogP contribution in [0.3, 0.4) is 0 Å². The van der Waals surface area contributed by atoms with Crippen molar-refractivity contribution in [1.82, 2.24) is 5.32 Å². The summed E-state index contributed by atoms with van der Waals surface area (Å²) in [7, 11) is 0. The normalized spacial score (nSPS) is 13.9. The summed E-state index contributed by atoms with van der Waals surface area (Å²) in [6, 6.07) is 0. The van der Waals surface area contributed by atoms with Crippen LogP contribution in [0, 0.1) is 5.41 Å². The molecule has 0 aromatic carbocycles. The molecule has 0 unspecified atom stereocenters. The molecule has 0 aliphatic carbocycles. The molecule has 0 amide bonds. The Balaban J connectivity index is 3.81. The fourth-order valence-electron chi connectivity index (χ4n) is 1.75. The molecule has 0 rings (SSSR count). The number of nitrogens with one attached hydrogen (secondary N) is 1. The van der Waals surface area contributed by atoms with Gasteiger partial charge >= 0.3 is 0 Å². The SMILES string of the molecule is CC(C)(CCO)NCCCCC(C)(C)C(N)=NO. The van der Waals surface area contributed by atoms with Gasteiger partial charge in [-0.15, -0.1) is 0 Å². The Morgan fingerprint density at radius 1 is 1.17 bits per heavy atom. The second-order valence-corrected chi connectivity index (χ2v) is 6.11. The first kappa shape index (κ1) is 17.2. The highest BCUT2D eigenvalue weighted by atomic mass is 16.4. The van der Waals surface area contributed by atoms with Crippen LogP contribution in [0.15, 0.2) is 5.16 Å². The van der Waals surface area contributed by atoms with Gasteiger partial charge < -0.3 is 21.4 Å². The van der Waals surface area contributed by atoms with E-state index in [0.717, 1.165) is 32.2 Å². The predicted molar refractivity (Wildman–Crippen MR) is 74.8 cm³/mol. The van der Waals surface area contributed by atoms with Crippen LogP contribution in [0.4, 0.5) is 0 Å². The number of nitrogens with zero attached hydrogens (tertiary/aromatic N) is 1. The van der Waals surface area contributed by atoms with Gasteiger partial charge in [0.05, 0.1) is 0 Å². The van der Waals surface area contributed by atoms with Crippen LogP contribution in [-0.2, 0) is 0 Å². The van der Waals surface area contributed by atoms with Crippen LogP contribution in [0.5, 0.6) is 0 Å². The molecule has 0 atom stereocenters. The van der Waals surface area contributed by atoms with Gasteiger partial charge in [-0.3, -0.25) is 0 Å². The van der Waals surface area contributed by atoms with E-state index in [4.69, 9.17) is 16.0 Å². The lowest BCUT2D eigenvalue weighted by atomic mass is 9.86. The van der Waals surface area contributed by atoms with Gasteiger partial charge in [0.2, 0.25) is 0 Å². The molecule has 108 valence electrons. The maximum Gasteiger partial charge on any atom is 0.144 e. The average Bonchev–Trinajstić information content (AvgIpc) is 2.27. The number of hydrogen-bond acceptors (Lipinski definition) is 4. The van der Waals surface area contributed by atoms with Crippen LogP contribution < -0.4 is 11.1 Å². The first-order valence-electron chi connectivity index (χ1n) is 6.59. The monoisotopic (exact) mass is 259 g/mol. The first-order valence-corrected chi connectivity index (χ1v) is 6.59. The van der Waals surface area contributed by atoms with E-state index in [1.165, 1.54) is 0 Å². The molecule has 0 aliphatic heterocycles. The quantitative estimate of drug-likeness (QED) is 0.167. The van der Waals surface area contributed by atoms with Gasteiger partial charge in [-0.1, -0.05) is 25.4 Å². The van der Waals surface area contributed by atoms with E-state index in [0.29, 0.717) is 0 Å². The molecule has 5 nitrogen and oxygen atoms in total. The number of aliphatic hydroxyl groups is 1. The van der Waals surface area contributed by atoms with Crippen molar-refractivity contribution in [3.05, 3.63) is 0 Å². The number of nitrogens with two attached hydrogens (primary N) is 1. The van der Waals surface area contributed by atoms with Crippen molar-refractivity contribution in [3.8, 4) is 0 Å². The summed E-state index contributed by atoms with van der Waals surface area (Å²) in [6.45, 7) is 9.25. The van der Waals surface area contributed by atoms with Crippen molar-refractivity contribution in [3.63, 3.8) is 0 Å². The van der Waals surface area contributed by atoms with E-state index in [1.807, 2.05) is 13.8 Å². The zero-order valence-electron chi connectivity index (χ0n) is 12.2. The van der Waals surface area contributed by atoms with Crippen LogP contribution >= 0.6 is 0 Å². The van der Waals surface area contributed by atoms with E-state index in [2.05, 4.69) is 24.3 Å². The highest BCUT2D eigenvalue weighted by Crippen LogP contribution is 2.23. The summed E-state index contributed by atoms with van der Waals surface area (Å²) in [4.78, 5) is 0. The van der Waals surface area contributed by atoms with Crippen molar-refractivity contribution in [1.29, 1.82) is 0 Å². The molecule has 5 N–H and O–H groups in total. The van der Waals surface area contributed by atoms with Crippen molar-refractivity contribution < 1.29 is 10.3 Å². The van der Waals surface area contributed by atoms with Crippen molar-refractivity contribution >= 4 is 5.84 Å². The molecule has 0 aromatic rings. The minimum absolute atomic E-state index is 0.0180. The van der Waals surface area contributed by atoms with Crippen molar-refractivity contribution in [2.45, 2.75) is 58.9 Å². The second-order valence-electron chi connectivity index (χ2n) is 6.11. The molecule has 0 spiro atoms. The molecule has 0 aliphatic rings. The van der Waals surface area contributed by atoms with E-state index >= 15 is 0 Å². The third-order valence-corrected chi connectivity index (χ3v) is 3.37. The molecule has 0 aromatic heterocycles. The number of hydrogen-bond donors (Lipinski definition) is 4. The van der Waals surface area contributed by atoms with Gasteiger partial charge in [-0.25, -0.2) is 0 Å². The van der Waals surface area contributed by atoms with E-state index in [1.54, 1.807) is 0 Å². The molecule has 0 saturated carbocycles. The van der Waals surface area contributed by atoms with E-state index in [9.17, 15) is 0 Å². The third kappa shape index (κ3) is 6.81. The smallest absolute Gasteiger partial charge is 0.144 e. The van der Waals surface area contributed by atoms with Gasteiger partial charge in [-0.2, -0.15) is 0 Å². The zero-order chi connectivity index (χ0) is 14.2. The van der Waals surface area contributed by atoms with Gasteiger partial charge in [0.15, 0.2) is 0 Å². The van der Waals surface area contributed by atoms with Crippen LogP contribution in [0.2, 0.25) is 0 Å². The fourth-order valence-corrected chi connectivity index (χ4v) is 1.75. The largest absolute Gasteiger partial charge is 0.409 e. The maximum absolute atomic E-state index is 8.91. The number of oxime groups is 1. The minimum Gasteiger partial charge on any atom is -0.409 e. The summed E-state index contributed by atoms with van der Waals surface area (Å²) >= 11 is 0. The lowest BCUT2D eigenvalue weighted by Crippen LogP contribution is -2.40. The van der Waals surface area contributed by atoms with Crippen molar-refractivity contribution in [2.75, 3.05) is 13.2 Å². The van der Waals surface area contributed by atoms with Gasteiger partial charge in [0, 0.05) is 17.6 Å². The highest BCUT2D eigenvalue weighted by Gasteiger charge is 2.23. The Morgan fingerprint density at radius 2 is 1.78 bits per heavy atom. The number of rotatable bonds is 9. The summed E-state index contributed by atoms with van der Waals surface area (Å²) < 4.78 is 0. The van der Waals surface area contributed by atoms with Gasteiger partial charge in [-0.05, 0) is 39.7 Å². The summed E-state index contributed by atoms with van der Waals surface area (Å²) in [5, 5.41) is 24.1. The molecule has 0 heterocycles. The Bertz CT molecular complexity index is 263. The predicted octanol–water partition coefficient (Wildman–Crippen LogP) is 1.68. The summed E-state index contributed by atoms with van der Waals surface area (Å²) in [5.41, 5.74) is 5.36. The van der Waals surface area contributed by atoms with Crippen LogP contribution in [0.1, 0.15) is 53.4 Å². The van der Waals surface area contributed by atoms with Gasteiger partial charge in [0.25, 0.3) is 0 Å². The standard InChI is InChI=1S/C13H29N3O2/c1-12(2,11(14)16-18)7-5-6-9-15-13(3,4)8-10-17/h15,17-18H,5-10H2,1-4H3,(H2,14,16). The van der Waals surface area contributed by atoms with Gasteiger partial charge in [0.1, 0.15) is 5.84 Å². The van der Waals surface area contributed by atoms with Crippen LogP contribution in [-0.4, -0.2) is 34.8 Å². The second kappa shape index (κ2) is 7.59. The number of amidine groups is 1. The molecular weight excluding hydrogens is 230 g/mol. The zero-order valence-corrected chi connectivity index (χ0v) is 12.2. The first-order chi connectivity index (χ1) is 8.25. The molecule has 5 heteroatoms. The summed E-state index contributed by atoms with van der Waals surface area (Å²) in [5.74, 6) is 0.288. The topological polar surface area (TPSA) is 90.9 Å². The Kier molecular flexibility index (Phi) is 7.25. The summed E-state index contributed by atoms with van der Waals surface area (Å²) in [6.07, 6.45) is 3.70. The minimum atomic E-state index is -0.255. The molecule has 0 bridgehead atoms. The lowest BCUT2D eigenvalue weighted by Gasteiger charge is -2.26. The van der Waals surface area contributed by atoms with Crippen molar-refractivity contribution in [2.24, 2.45) is 16.3 Å². The maximum atomic E-state index is 8.91. The number of aliphatic hydroxyl groups excluding tert-OH is 1. The van der Waals surface area contributed by atoms with Crippen LogP contribution in [0.25, 0.3) is 0 Å². The lowest BCUT2D eigenvalue weighted by molar-refractivity contribution is 0.230. The fraction of sp³-hybridized carbons (Fsp3) is 0.923. The Morgan fingerprint density at radius 3 is 2.28 bits per heavy atom. The Hall–Kier alpha value is -0.810. The van der Waals surface area contributed by atoms with E-state index < -0.39 is 0 Å². The van der Waals surface area contributed by atoms with E-state index in [-0.39, 0.29) is 23.4 Å². The molecular formula is C13H29N3O2.